The summed E-state index contributed by atoms with van der Waals surface area (Å²) < 4.78 is 2.06. The summed E-state index contributed by atoms with van der Waals surface area (Å²) >= 11 is 0. The molecule has 222 valence electrons. The van der Waals surface area contributed by atoms with Crippen LogP contribution in [-0.2, 0) is 16.2 Å². The summed E-state index contributed by atoms with van der Waals surface area (Å²) in [5.74, 6) is 0.716. The molecule has 0 aliphatic rings. The van der Waals surface area contributed by atoms with E-state index in [4.69, 9.17) is 4.98 Å². The van der Waals surface area contributed by atoms with Gasteiger partial charge >= 0.3 is 7.12 Å². The van der Waals surface area contributed by atoms with Gasteiger partial charge in [-0.1, -0.05) is 117 Å². The summed E-state index contributed by atoms with van der Waals surface area (Å²) in [5, 5.41) is 32.6. The molecule has 0 bridgehead atoms. The van der Waals surface area contributed by atoms with E-state index in [9.17, 15) is 15.2 Å². The van der Waals surface area contributed by atoms with Gasteiger partial charge in [-0.15, -0.1) is 0 Å². The number of aromatic nitrogens is 2. The van der Waals surface area contributed by atoms with Crippen molar-refractivity contribution in [3.05, 3.63) is 95.6 Å². The highest BCUT2D eigenvalue weighted by Crippen LogP contribution is 2.44. The smallest absolute Gasteiger partial charge is 0.490 e. The first kappa shape index (κ1) is 30.6. The van der Waals surface area contributed by atoms with Crippen LogP contribution in [0.5, 0.6) is 5.75 Å². The number of rotatable bonds is 4. The molecule has 5 rings (SSSR count). The monoisotopic (exact) mass is 574 g/mol. The molecule has 0 unspecified atom stereocenters. The molecule has 6 heteroatoms. The number of benzene rings is 4. The predicted molar refractivity (Wildman–Crippen MR) is 180 cm³/mol. The molecule has 0 aliphatic carbocycles. The number of imidazole rings is 1. The summed E-state index contributed by atoms with van der Waals surface area (Å²) in [6.07, 6.45) is 0. The minimum atomic E-state index is -1.70. The van der Waals surface area contributed by atoms with Crippen LogP contribution in [0.2, 0.25) is 0 Å². The van der Waals surface area contributed by atoms with Crippen molar-refractivity contribution in [2.45, 2.75) is 78.6 Å². The van der Waals surface area contributed by atoms with E-state index >= 15 is 0 Å². The highest BCUT2D eigenvalue weighted by Gasteiger charge is 2.30. The van der Waals surface area contributed by atoms with Crippen molar-refractivity contribution in [1.29, 1.82) is 0 Å². The van der Waals surface area contributed by atoms with Gasteiger partial charge in [0.15, 0.2) is 0 Å². The molecule has 1 heterocycles. The highest BCUT2D eigenvalue weighted by molar-refractivity contribution is 6.61. The van der Waals surface area contributed by atoms with Crippen molar-refractivity contribution in [3.8, 4) is 34.0 Å². The van der Waals surface area contributed by atoms with E-state index in [1.54, 1.807) is 6.07 Å². The van der Waals surface area contributed by atoms with Crippen LogP contribution in [0.3, 0.4) is 0 Å². The summed E-state index contributed by atoms with van der Waals surface area (Å²) in [6.45, 7) is 19.4. The molecule has 3 N–H and O–H groups in total. The van der Waals surface area contributed by atoms with E-state index in [-0.39, 0.29) is 22.0 Å². The fourth-order valence-electron chi connectivity index (χ4n) is 5.61. The van der Waals surface area contributed by atoms with Crippen LogP contribution in [0.4, 0.5) is 0 Å². The van der Waals surface area contributed by atoms with Crippen molar-refractivity contribution in [3.63, 3.8) is 0 Å². The Balaban J connectivity index is 1.97. The Hall–Kier alpha value is -3.87. The quantitative estimate of drug-likeness (QED) is 0.193. The van der Waals surface area contributed by atoms with E-state index in [0.29, 0.717) is 22.4 Å². The maximum absolute atomic E-state index is 11.9. The minimum absolute atomic E-state index is 0.0724. The van der Waals surface area contributed by atoms with E-state index in [2.05, 4.69) is 103 Å². The maximum Gasteiger partial charge on any atom is 0.490 e. The van der Waals surface area contributed by atoms with Crippen LogP contribution in [0.15, 0.2) is 78.9 Å². The van der Waals surface area contributed by atoms with Gasteiger partial charge in [0, 0.05) is 16.6 Å². The molecular formula is C37H43BN2O3. The number of hydrogen-bond acceptors (Lipinski definition) is 4. The highest BCUT2D eigenvalue weighted by atomic mass is 16.4. The second-order valence-electron chi connectivity index (χ2n) is 14.6. The number of nitrogens with zero attached hydrogens (tertiary/aromatic N) is 2. The van der Waals surface area contributed by atoms with Gasteiger partial charge in [-0.3, -0.25) is 4.57 Å². The lowest BCUT2D eigenvalue weighted by Gasteiger charge is -2.28. The van der Waals surface area contributed by atoms with Gasteiger partial charge in [-0.2, -0.15) is 0 Å². The van der Waals surface area contributed by atoms with Crippen LogP contribution in [-0.4, -0.2) is 31.8 Å². The summed E-state index contributed by atoms with van der Waals surface area (Å²) in [4.78, 5) is 5.08. The average molecular weight is 575 g/mol. The van der Waals surface area contributed by atoms with Crippen molar-refractivity contribution in [1.82, 2.24) is 9.55 Å². The Labute approximate surface area is 256 Å². The second-order valence-corrected chi connectivity index (χ2v) is 14.6. The Bertz CT molecular complexity index is 1800. The molecule has 4 aromatic carbocycles. The van der Waals surface area contributed by atoms with Gasteiger partial charge < -0.3 is 15.2 Å². The molecule has 0 amide bonds. The zero-order valence-corrected chi connectivity index (χ0v) is 26.8. The van der Waals surface area contributed by atoms with Gasteiger partial charge in [0.1, 0.15) is 11.6 Å². The molecule has 0 saturated heterocycles. The lowest BCUT2D eigenvalue weighted by molar-refractivity contribution is 0.426. The number of aromatic hydroxyl groups is 1. The Kier molecular flexibility index (Phi) is 7.61. The summed E-state index contributed by atoms with van der Waals surface area (Å²) in [5.41, 5.74) is 7.60. The second kappa shape index (κ2) is 10.7. The van der Waals surface area contributed by atoms with E-state index in [0.717, 1.165) is 33.5 Å². The van der Waals surface area contributed by atoms with Crippen LogP contribution in [0.1, 0.15) is 79.0 Å². The van der Waals surface area contributed by atoms with E-state index in [1.807, 2.05) is 36.4 Å². The van der Waals surface area contributed by atoms with Crippen molar-refractivity contribution < 1.29 is 15.2 Å². The molecule has 0 fully saturated rings. The number of hydrogen-bond donors (Lipinski definition) is 3. The lowest BCUT2D eigenvalue weighted by Crippen LogP contribution is -2.30. The Morgan fingerprint density at radius 2 is 1.28 bits per heavy atom. The van der Waals surface area contributed by atoms with Gasteiger partial charge in [0.25, 0.3) is 0 Å². The zero-order valence-electron chi connectivity index (χ0n) is 26.8. The molecule has 1 aromatic heterocycles. The molecule has 0 radical (unpaired) electrons. The Morgan fingerprint density at radius 3 is 1.86 bits per heavy atom. The first-order chi connectivity index (χ1) is 20.0. The van der Waals surface area contributed by atoms with Crippen molar-refractivity contribution in [2.24, 2.45) is 0 Å². The first-order valence-corrected chi connectivity index (χ1v) is 14.9. The van der Waals surface area contributed by atoms with Crippen molar-refractivity contribution >= 4 is 23.6 Å². The summed E-state index contributed by atoms with van der Waals surface area (Å²) in [7, 11) is -1.70. The molecular weight excluding hydrogens is 531 g/mol. The minimum Gasteiger partial charge on any atom is -0.507 e. The third kappa shape index (κ3) is 5.74. The third-order valence-electron chi connectivity index (χ3n) is 8.21. The van der Waals surface area contributed by atoms with Gasteiger partial charge in [0.2, 0.25) is 0 Å². The topological polar surface area (TPSA) is 78.5 Å². The van der Waals surface area contributed by atoms with Crippen LogP contribution in [0, 0.1) is 0 Å². The molecule has 0 aliphatic heterocycles. The summed E-state index contributed by atoms with van der Waals surface area (Å²) in [6, 6.07) is 26.3. The van der Waals surface area contributed by atoms with E-state index < -0.39 is 7.12 Å². The number of phenols is 1. The third-order valence-corrected chi connectivity index (χ3v) is 8.21. The Morgan fingerprint density at radius 1 is 0.651 bits per heavy atom. The lowest BCUT2D eigenvalue weighted by atomic mass is 9.78. The molecule has 5 aromatic rings. The van der Waals surface area contributed by atoms with E-state index in [1.165, 1.54) is 5.56 Å². The number of phenolic OH excluding ortho intramolecular Hbond substituents is 1. The largest absolute Gasteiger partial charge is 0.507 e. The standard InChI is InChI=1S/C37H43BN2O3/c1-35(2,3)24-18-19-30(26(20-24)23-14-11-10-12-15-23)40-31-17-13-16-29(38(42)43)32(31)39-34(40)27-21-25(36(4,5)6)22-28(33(27)41)37(7,8)9/h10-22,41-43H,1-9H3. The molecule has 0 saturated carbocycles. The fourth-order valence-corrected chi connectivity index (χ4v) is 5.61. The molecule has 0 spiro atoms. The van der Waals surface area contributed by atoms with Gasteiger partial charge in [-0.05, 0) is 57.2 Å². The number of para-hydroxylation sites is 1. The van der Waals surface area contributed by atoms with Crippen LogP contribution >= 0.6 is 0 Å². The van der Waals surface area contributed by atoms with Crippen molar-refractivity contribution in [2.75, 3.05) is 0 Å². The average Bonchev–Trinajstić information content (AvgIpc) is 3.30. The zero-order chi connectivity index (χ0) is 31.5. The fraction of sp³-hybridized carbons (Fsp3) is 0.324. The molecule has 5 nitrogen and oxygen atoms in total. The van der Waals surface area contributed by atoms with Gasteiger partial charge in [-0.25, -0.2) is 4.98 Å². The number of fused-ring (bicyclic) bond motifs is 1. The molecule has 0 atom stereocenters. The van der Waals surface area contributed by atoms with Gasteiger partial charge in [0.05, 0.1) is 22.3 Å². The normalized spacial score (nSPS) is 12.6. The molecule has 43 heavy (non-hydrogen) atoms. The van der Waals surface area contributed by atoms with Crippen LogP contribution in [0.25, 0.3) is 39.2 Å². The first-order valence-electron chi connectivity index (χ1n) is 14.9. The SMILES string of the molecule is CC(C)(C)c1ccc(-n2c(-c3cc(C(C)(C)C)cc(C(C)(C)C)c3O)nc3c(B(O)O)cccc32)c(-c2ccccc2)c1. The predicted octanol–water partition coefficient (Wildman–Crippen LogP) is 7.64. The maximum atomic E-state index is 11.9. The van der Waals surface area contributed by atoms with Crippen LogP contribution < -0.4 is 5.46 Å².